The Balaban J connectivity index is 3.09. The molecule has 1 aliphatic carbocycles. The first-order chi connectivity index (χ1) is 6.15. The molecule has 0 radical (unpaired) electrons. The van der Waals surface area contributed by atoms with Crippen LogP contribution in [0.3, 0.4) is 0 Å². The maximum Gasteiger partial charge on any atom is 0.259 e. The predicted molar refractivity (Wildman–Crippen MR) is 49.4 cm³/mol. The molecule has 3 nitrogen and oxygen atoms in total. The van der Waals surface area contributed by atoms with Crippen molar-refractivity contribution in [1.29, 1.82) is 5.26 Å². The van der Waals surface area contributed by atoms with Crippen LogP contribution in [-0.2, 0) is 4.79 Å². The summed E-state index contributed by atoms with van der Waals surface area (Å²) in [5, 5.41) is 8.70. The van der Waals surface area contributed by atoms with Crippen molar-refractivity contribution < 1.29 is 4.79 Å². The fraction of sp³-hybridized carbons (Fsp3) is 0.400. The molecule has 0 saturated heterocycles. The van der Waals surface area contributed by atoms with E-state index < -0.39 is 5.91 Å². The molecule has 0 saturated carbocycles. The summed E-state index contributed by atoms with van der Waals surface area (Å²) in [6.07, 6.45) is 4.72. The molecule has 0 aromatic carbocycles. The lowest BCUT2D eigenvalue weighted by Gasteiger charge is -2.12. The van der Waals surface area contributed by atoms with Gasteiger partial charge in [0.15, 0.2) is 0 Å². The number of nitrogens with two attached hydrogens (primary N) is 1. The normalized spacial score (nSPS) is 20.2. The summed E-state index contributed by atoms with van der Waals surface area (Å²) in [4.78, 5) is 10.8. The smallest absolute Gasteiger partial charge is 0.259 e. The maximum absolute atomic E-state index is 10.8. The van der Waals surface area contributed by atoms with Gasteiger partial charge in [0.25, 0.3) is 5.91 Å². The van der Waals surface area contributed by atoms with Gasteiger partial charge in [0.05, 0.1) is 0 Å². The van der Waals surface area contributed by atoms with E-state index in [0.29, 0.717) is 0 Å². The minimum Gasteiger partial charge on any atom is -0.365 e. The zero-order valence-corrected chi connectivity index (χ0v) is 7.63. The molecule has 0 unspecified atom stereocenters. The van der Waals surface area contributed by atoms with Crippen LogP contribution in [0.4, 0.5) is 0 Å². The first kappa shape index (κ1) is 9.53. The van der Waals surface area contributed by atoms with Crippen molar-refractivity contribution in [2.75, 3.05) is 0 Å². The Morgan fingerprint density at radius 3 is 2.77 bits per heavy atom. The summed E-state index contributed by atoms with van der Waals surface area (Å²) >= 11 is 0. The lowest BCUT2D eigenvalue weighted by atomic mass is 9.93. The monoisotopic (exact) mass is 176 g/mol. The highest BCUT2D eigenvalue weighted by Gasteiger charge is 2.13. The molecular weight excluding hydrogens is 164 g/mol. The summed E-state index contributed by atoms with van der Waals surface area (Å²) in [6, 6.07) is 1.85. The van der Waals surface area contributed by atoms with Crippen molar-refractivity contribution >= 4 is 5.91 Å². The van der Waals surface area contributed by atoms with E-state index >= 15 is 0 Å². The average Bonchev–Trinajstić information content (AvgIpc) is 2.04. The number of rotatable bonds is 1. The van der Waals surface area contributed by atoms with E-state index in [9.17, 15) is 4.79 Å². The summed E-state index contributed by atoms with van der Waals surface area (Å²) < 4.78 is 0. The highest BCUT2D eigenvalue weighted by Crippen LogP contribution is 2.23. The second kappa shape index (κ2) is 3.90. The van der Waals surface area contributed by atoms with Crippen molar-refractivity contribution in [3.63, 3.8) is 0 Å². The van der Waals surface area contributed by atoms with Crippen molar-refractivity contribution in [2.45, 2.75) is 26.2 Å². The van der Waals surface area contributed by atoms with Gasteiger partial charge in [0.2, 0.25) is 0 Å². The van der Waals surface area contributed by atoms with Gasteiger partial charge in [-0.1, -0.05) is 11.6 Å². The molecule has 0 atom stereocenters. The standard InChI is InChI=1S/C10H12N2O/c1-7-3-2-4-8(5-7)9(6-11)10(12)13/h5H,2-4H2,1H3,(H2,12,13)/b9-8-. The van der Waals surface area contributed by atoms with Crippen LogP contribution in [0, 0.1) is 11.3 Å². The fourth-order valence-electron chi connectivity index (χ4n) is 1.48. The summed E-state index contributed by atoms with van der Waals surface area (Å²) in [7, 11) is 0. The van der Waals surface area contributed by atoms with Crippen molar-refractivity contribution in [3.8, 4) is 6.07 Å². The third-order valence-corrected chi connectivity index (χ3v) is 2.12. The summed E-state index contributed by atoms with van der Waals surface area (Å²) in [5.74, 6) is -0.622. The van der Waals surface area contributed by atoms with Gasteiger partial charge in [0, 0.05) is 0 Å². The highest BCUT2D eigenvalue weighted by atomic mass is 16.1. The molecule has 68 valence electrons. The first-order valence-electron chi connectivity index (χ1n) is 4.25. The van der Waals surface area contributed by atoms with E-state index in [2.05, 4.69) is 0 Å². The van der Waals surface area contributed by atoms with Gasteiger partial charge in [0.1, 0.15) is 11.6 Å². The van der Waals surface area contributed by atoms with Gasteiger partial charge < -0.3 is 5.73 Å². The summed E-state index contributed by atoms with van der Waals surface area (Å²) in [6.45, 7) is 2.00. The largest absolute Gasteiger partial charge is 0.365 e. The molecule has 0 fully saturated rings. The molecule has 1 amide bonds. The third-order valence-electron chi connectivity index (χ3n) is 2.12. The van der Waals surface area contributed by atoms with Crippen LogP contribution in [0.25, 0.3) is 0 Å². The highest BCUT2D eigenvalue weighted by molar-refractivity contribution is 5.97. The Labute approximate surface area is 77.5 Å². The predicted octanol–water partition coefficient (Wildman–Crippen LogP) is 1.42. The number of nitriles is 1. The number of allylic oxidation sites excluding steroid dienone is 3. The second-order valence-electron chi connectivity index (χ2n) is 3.22. The van der Waals surface area contributed by atoms with Crippen LogP contribution in [0.1, 0.15) is 26.2 Å². The summed E-state index contributed by atoms with van der Waals surface area (Å²) in [5.41, 5.74) is 7.18. The number of carbonyl (C=O) groups is 1. The number of hydrogen-bond donors (Lipinski definition) is 1. The number of nitrogens with zero attached hydrogens (tertiary/aromatic N) is 1. The molecule has 0 bridgehead atoms. The van der Waals surface area contributed by atoms with Crippen molar-refractivity contribution in [2.24, 2.45) is 5.73 Å². The molecule has 1 rings (SSSR count). The number of primary amides is 1. The van der Waals surface area contributed by atoms with Crippen LogP contribution in [0.15, 0.2) is 22.8 Å². The molecule has 13 heavy (non-hydrogen) atoms. The van der Waals surface area contributed by atoms with E-state index in [0.717, 1.165) is 24.8 Å². The van der Waals surface area contributed by atoms with Crippen molar-refractivity contribution in [3.05, 3.63) is 22.8 Å². The minimum absolute atomic E-state index is 0.110. The SMILES string of the molecule is CC1=C/C(=C(/C#N)C(N)=O)CCC1. The fourth-order valence-corrected chi connectivity index (χ4v) is 1.48. The van der Waals surface area contributed by atoms with Gasteiger partial charge in [-0.15, -0.1) is 0 Å². The molecular formula is C10H12N2O. The van der Waals surface area contributed by atoms with Crippen LogP contribution in [0.2, 0.25) is 0 Å². The van der Waals surface area contributed by atoms with Gasteiger partial charge in [-0.2, -0.15) is 5.26 Å². The Hall–Kier alpha value is -1.56. The average molecular weight is 176 g/mol. The topological polar surface area (TPSA) is 66.9 Å². The second-order valence-corrected chi connectivity index (χ2v) is 3.22. The Bertz CT molecular complexity index is 331. The first-order valence-corrected chi connectivity index (χ1v) is 4.25. The van der Waals surface area contributed by atoms with Gasteiger partial charge in [-0.3, -0.25) is 4.79 Å². The number of carbonyl (C=O) groups excluding carboxylic acids is 1. The van der Waals surface area contributed by atoms with Gasteiger partial charge in [-0.05, 0) is 31.8 Å². The van der Waals surface area contributed by atoms with Crippen molar-refractivity contribution in [1.82, 2.24) is 0 Å². The van der Waals surface area contributed by atoms with E-state index in [1.165, 1.54) is 5.57 Å². The molecule has 3 heteroatoms. The Morgan fingerprint density at radius 1 is 1.62 bits per heavy atom. The van der Waals surface area contributed by atoms with Crippen LogP contribution < -0.4 is 5.73 Å². The molecule has 0 heterocycles. The molecule has 0 aromatic heterocycles. The molecule has 0 spiro atoms. The maximum atomic E-state index is 10.8. The minimum atomic E-state index is -0.622. The van der Waals surface area contributed by atoms with Gasteiger partial charge in [-0.25, -0.2) is 0 Å². The molecule has 2 N–H and O–H groups in total. The molecule has 0 aromatic rings. The van der Waals surface area contributed by atoms with E-state index in [-0.39, 0.29) is 5.57 Å². The van der Waals surface area contributed by atoms with Crippen LogP contribution in [-0.4, -0.2) is 5.91 Å². The van der Waals surface area contributed by atoms with Crippen LogP contribution in [0.5, 0.6) is 0 Å². The van der Waals surface area contributed by atoms with E-state index in [1.807, 2.05) is 19.1 Å². The third kappa shape index (κ3) is 2.19. The lowest BCUT2D eigenvalue weighted by molar-refractivity contribution is -0.114. The molecule has 1 aliphatic rings. The quantitative estimate of drug-likeness (QED) is 0.485. The number of amides is 1. The Morgan fingerprint density at radius 2 is 2.31 bits per heavy atom. The molecule has 0 aliphatic heterocycles. The van der Waals surface area contributed by atoms with E-state index in [4.69, 9.17) is 11.0 Å². The van der Waals surface area contributed by atoms with Gasteiger partial charge >= 0.3 is 0 Å². The van der Waals surface area contributed by atoms with Crippen LogP contribution >= 0.6 is 0 Å². The lowest BCUT2D eigenvalue weighted by Crippen LogP contribution is -2.15. The Kier molecular flexibility index (Phi) is 2.86. The number of hydrogen-bond acceptors (Lipinski definition) is 2. The van der Waals surface area contributed by atoms with E-state index in [1.54, 1.807) is 0 Å². The zero-order chi connectivity index (χ0) is 9.84. The zero-order valence-electron chi connectivity index (χ0n) is 7.63.